The Labute approximate surface area is 177 Å². The van der Waals surface area contributed by atoms with Crippen LogP contribution >= 0.6 is 0 Å². The molecule has 0 bridgehead atoms. The maximum Gasteiger partial charge on any atom is 0.254 e. The Hall–Kier alpha value is -3.15. The van der Waals surface area contributed by atoms with Crippen LogP contribution in [0.3, 0.4) is 0 Å². The summed E-state index contributed by atoms with van der Waals surface area (Å²) in [5, 5.41) is 2.91. The number of likely N-dealkylation sites (tertiary alicyclic amines) is 1. The molecule has 6 heteroatoms. The second-order valence-electron chi connectivity index (χ2n) is 7.56. The van der Waals surface area contributed by atoms with Gasteiger partial charge in [0.15, 0.2) is 5.78 Å². The van der Waals surface area contributed by atoms with E-state index in [1.807, 2.05) is 24.0 Å². The lowest BCUT2D eigenvalue weighted by Crippen LogP contribution is -2.28. The van der Waals surface area contributed by atoms with E-state index in [-0.39, 0.29) is 17.6 Å². The normalized spacial score (nSPS) is 13.2. The van der Waals surface area contributed by atoms with Crippen LogP contribution in [0, 0.1) is 6.92 Å². The van der Waals surface area contributed by atoms with E-state index in [1.54, 1.807) is 30.3 Å². The van der Waals surface area contributed by atoms with Crippen molar-refractivity contribution in [1.82, 2.24) is 4.90 Å². The summed E-state index contributed by atoms with van der Waals surface area (Å²) in [5.74, 6) is 0.514. The monoisotopic (exact) mass is 408 g/mol. The second-order valence-corrected chi connectivity index (χ2v) is 7.56. The summed E-state index contributed by atoms with van der Waals surface area (Å²) in [6, 6.07) is 12.4. The number of ketones is 1. The predicted octanol–water partition coefficient (Wildman–Crippen LogP) is 4.23. The number of benzene rings is 2. The Bertz CT molecular complexity index is 933. The van der Waals surface area contributed by atoms with Crippen molar-refractivity contribution in [3.63, 3.8) is 0 Å². The molecule has 1 heterocycles. The van der Waals surface area contributed by atoms with Gasteiger partial charge in [0.05, 0.1) is 6.61 Å². The maximum absolute atomic E-state index is 12.7. The fraction of sp³-hybridized carbons (Fsp3) is 0.375. The summed E-state index contributed by atoms with van der Waals surface area (Å²) in [4.78, 5) is 38.3. The molecular formula is C24H28N2O4. The van der Waals surface area contributed by atoms with Gasteiger partial charge in [0, 0.05) is 36.3 Å². The highest BCUT2D eigenvalue weighted by Gasteiger charge is 2.22. The maximum atomic E-state index is 12.7. The molecule has 0 radical (unpaired) electrons. The molecule has 0 aliphatic carbocycles. The number of ether oxygens (including phenoxy) is 1. The zero-order chi connectivity index (χ0) is 21.5. The van der Waals surface area contributed by atoms with Gasteiger partial charge in [-0.15, -0.1) is 0 Å². The molecule has 1 fully saturated rings. The van der Waals surface area contributed by atoms with Gasteiger partial charge in [0.1, 0.15) is 5.75 Å². The number of hydrogen-bond acceptors (Lipinski definition) is 4. The zero-order valence-electron chi connectivity index (χ0n) is 17.6. The van der Waals surface area contributed by atoms with E-state index in [4.69, 9.17) is 4.74 Å². The van der Waals surface area contributed by atoms with Crippen LogP contribution in [-0.4, -0.2) is 42.2 Å². The minimum absolute atomic E-state index is 0.0133. The van der Waals surface area contributed by atoms with Crippen molar-refractivity contribution in [2.24, 2.45) is 0 Å². The van der Waals surface area contributed by atoms with Crippen LogP contribution in [0.15, 0.2) is 42.5 Å². The van der Waals surface area contributed by atoms with Gasteiger partial charge < -0.3 is 15.0 Å². The van der Waals surface area contributed by atoms with Gasteiger partial charge in [-0.2, -0.15) is 0 Å². The van der Waals surface area contributed by atoms with Gasteiger partial charge in [-0.3, -0.25) is 14.4 Å². The molecule has 3 rings (SSSR count). The van der Waals surface area contributed by atoms with Gasteiger partial charge in [-0.25, -0.2) is 0 Å². The smallest absolute Gasteiger partial charge is 0.254 e. The highest BCUT2D eigenvalue weighted by Crippen LogP contribution is 2.22. The summed E-state index contributed by atoms with van der Waals surface area (Å²) in [6.07, 6.45) is 2.93. The third-order valence-corrected chi connectivity index (χ3v) is 5.29. The molecule has 1 aliphatic heterocycles. The molecular weight excluding hydrogens is 380 g/mol. The highest BCUT2D eigenvalue weighted by atomic mass is 16.5. The lowest BCUT2D eigenvalue weighted by atomic mass is 10.1. The number of nitrogens with one attached hydrogen (secondary N) is 1. The van der Waals surface area contributed by atoms with Crippen molar-refractivity contribution in [3.05, 3.63) is 59.2 Å². The number of carbonyl (C=O) groups excluding carboxylic acids is 3. The Balaban J connectivity index is 1.50. The van der Waals surface area contributed by atoms with Crippen molar-refractivity contribution < 1.29 is 19.1 Å². The summed E-state index contributed by atoms with van der Waals surface area (Å²) < 4.78 is 5.65. The van der Waals surface area contributed by atoms with E-state index < -0.39 is 0 Å². The second kappa shape index (κ2) is 10.1. The average Bonchev–Trinajstić information content (AvgIpc) is 3.27. The number of anilines is 1. The lowest BCUT2D eigenvalue weighted by molar-refractivity contribution is -0.116. The third kappa shape index (κ3) is 5.47. The van der Waals surface area contributed by atoms with E-state index in [1.165, 1.54) is 6.92 Å². The summed E-state index contributed by atoms with van der Waals surface area (Å²) in [6.45, 7) is 5.35. The van der Waals surface area contributed by atoms with Crippen molar-refractivity contribution in [3.8, 4) is 5.75 Å². The number of Topliss-reactive ketones (excluding diaryl/α,β-unsaturated/α-hetero) is 1. The molecule has 0 saturated carbocycles. The van der Waals surface area contributed by atoms with E-state index in [9.17, 15) is 14.4 Å². The van der Waals surface area contributed by atoms with Crippen molar-refractivity contribution in [2.45, 2.75) is 39.5 Å². The minimum atomic E-state index is -0.120. The third-order valence-electron chi connectivity index (χ3n) is 5.29. The fourth-order valence-corrected chi connectivity index (χ4v) is 3.53. The molecule has 1 aliphatic rings. The van der Waals surface area contributed by atoms with Crippen LogP contribution in [0.25, 0.3) is 0 Å². The summed E-state index contributed by atoms with van der Waals surface area (Å²) >= 11 is 0. The topological polar surface area (TPSA) is 75.7 Å². The first-order valence-corrected chi connectivity index (χ1v) is 10.4. The van der Waals surface area contributed by atoms with Crippen LogP contribution in [0.2, 0.25) is 0 Å². The number of rotatable bonds is 8. The van der Waals surface area contributed by atoms with Crippen LogP contribution < -0.4 is 10.1 Å². The molecule has 2 aromatic carbocycles. The summed E-state index contributed by atoms with van der Waals surface area (Å²) in [7, 11) is 0. The quantitative estimate of drug-likeness (QED) is 0.524. The predicted molar refractivity (Wildman–Crippen MR) is 116 cm³/mol. The first-order valence-electron chi connectivity index (χ1n) is 10.4. The zero-order valence-corrected chi connectivity index (χ0v) is 17.6. The Kier molecular flexibility index (Phi) is 7.22. The highest BCUT2D eigenvalue weighted by molar-refractivity contribution is 5.99. The molecule has 30 heavy (non-hydrogen) atoms. The van der Waals surface area contributed by atoms with E-state index in [0.29, 0.717) is 42.0 Å². The molecule has 6 nitrogen and oxygen atoms in total. The van der Waals surface area contributed by atoms with E-state index >= 15 is 0 Å². The van der Waals surface area contributed by atoms with E-state index in [2.05, 4.69) is 5.32 Å². The molecule has 2 amide bonds. The van der Waals surface area contributed by atoms with Gasteiger partial charge in [-0.05, 0) is 62.9 Å². The van der Waals surface area contributed by atoms with Crippen LogP contribution in [-0.2, 0) is 4.79 Å². The molecule has 1 N–H and O–H groups in total. The SMILES string of the molecule is CC(=O)c1cccc(OCCCC(=O)Nc2cccc(C(=O)N3CCCC3)c2C)c1. The van der Waals surface area contributed by atoms with Gasteiger partial charge in [0.2, 0.25) is 5.91 Å². The standard InChI is InChI=1S/C24H28N2O4/c1-17-21(24(29)26-13-3-4-14-26)10-6-11-22(17)25-23(28)12-7-15-30-20-9-5-8-19(16-20)18(2)27/h5-6,8-11,16H,3-4,7,12-15H2,1-2H3,(H,25,28). The minimum Gasteiger partial charge on any atom is -0.494 e. The molecule has 0 unspecified atom stereocenters. The number of carbonyl (C=O) groups is 3. The first kappa shape index (κ1) is 21.6. The molecule has 158 valence electrons. The Morgan fingerprint density at radius 3 is 2.53 bits per heavy atom. The van der Waals surface area contributed by atoms with Crippen molar-refractivity contribution in [1.29, 1.82) is 0 Å². The van der Waals surface area contributed by atoms with Crippen molar-refractivity contribution >= 4 is 23.3 Å². The molecule has 1 saturated heterocycles. The Morgan fingerprint density at radius 2 is 1.80 bits per heavy atom. The van der Waals surface area contributed by atoms with E-state index in [0.717, 1.165) is 31.5 Å². The Morgan fingerprint density at radius 1 is 1.07 bits per heavy atom. The van der Waals surface area contributed by atoms with Crippen LogP contribution in [0.5, 0.6) is 5.75 Å². The summed E-state index contributed by atoms with van der Waals surface area (Å²) in [5.41, 5.74) is 2.70. The molecule has 0 atom stereocenters. The average molecular weight is 408 g/mol. The largest absolute Gasteiger partial charge is 0.494 e. The fourth-order valence-electron chi connectivity index (χ4n) is 3.53. The molecule has 0 spiro atoms. The lowest BCUT2D eigenvalue weighted by Gasteiger charge is -2.18. The van der Waals surface area contributed by atoms with Crippen molar-refractivity contribution in [2.75, 3.05) is 25.0 Å². The molecule has 2 aromatic rings. The van der Waals surface area contributed by atoms with Crippen LogP contribution in [0.1, 0.15) is 58.9 Å². The number of hydrogen-bond donors (Lipinski definition) is 1. The van der Waals surface area contributed by atoms with Gasteiger partial charge in [0.25, 0.3) is 5.91 Å². The van der Waals surface area contributed by atoms with Crippen LogP contribution in [0.4, 0.5) is 5.69 Å². The van der Waals surface area contributed by atoms with Gasteiger partial charge >= 0.3 is 0 Å². The number of amides is 2. The van der Waals surface area contributed by atoms with Gasteiger partial charge in [-0.1, -0.05) is 18.2 Å². The number of nitrogens with zero attached hydrogens (tertiary/aromatic N) is 1. The molecule has 0 aromatic heterocycles. The first-order chi connectivity index (χ1) is 14.5.